The van der Waals surface area contributed by atoms with Crippen molar-refractivity contribution in [3.05, 3.63) is 0 Å². The van der Waals surface area contributed by atoms with E-state index in [9.17, 15) is 9.59 Å². The highest BCUT2D eigenvalue weighted by Gasteiger charge is 2.07. The van der Waals surface area contributed by atoms with Crippen molar-refractivity contribution in [2.75, 3.05) is 6.61 Å². The van der Waals surface area contributed by atoms with Crippen LogP contribution in [0.2, 0.25) is 0 Å². The lowest BCUT2D eigenvalue weighted by Crippen LogP contribution is -2.11. The van der Waals surface area contributed by atoms with Crippen LogP contribution in [0, 0.1) is 0 Å². The second-order valence-corrected chi connectivity index (χ2v) is 3.70. The molecule has 0 rings (SSSR count). The molecule has 0 aromatic heterocycles. The topological polar surface area (TPSA) is 43.4 Å². The Morgan fingerprint density at radius 3 is 2.27 bits per heavy atom. The van der Waals surface area contributed by atoms with E-state index in [1.807, 2.05) is 0 Å². The summed E-state index contributed by atoms with van der Waals surface area (Å²) in [6.45, 7) is 4.37. The van der Waals surface area contributed by atoms with Crippen LogP contribution in [0.3, 0.4) is 0 Å². The zero-order valence-corrected chi connectivity index (χ0v) is 9.88. The molecule has 0 spiro atoms. The molecule has 3 heteroatoms. The lowest BCUT2D eigenvalue weighted by molar-refractivity contribution is -0.146. The van der Waals surface area contributed by atoms with E-state index in [-0.39, 0.29) is 18.2 Å². The first-order chi connectivity index (χ1) is 7.20. The van der Waals surface area contributed by atoms with E-state index in [0.717, 1.165) is 12.8 Å². The van der Waals surface area contributed by atoms with Gasteiger partial charge in [0.05, 0.1) is 6.61 Å². The monoisotopic (exact) mass is 214 g/mol. The Labute approximate surface area is 92.2 Å². The highest BCUT2D eigenvalue weighted by atomic mass is 16.5. The summed E-state index contributed by atoms with van der Waals surface area (Å²) in [6, 6.07) is 0. The third-order valence-corrected chi connectivity index (χ3v) is 2.25. The van der Waals surface area contributed by atoms with E-state index < -0.39 is 0 Å². The van der Waals surface area contributed by atoms with E-state index in [2.05, 4.69) is 6.92 Å². The summed E-state index contributed by atoms with van der Waals surface area (Å²) in [6.07, 6.45) is 6.00. The summed E-state index contributed by atoms with van der Waals surface area (Å²) < 4.78 is 4.93. The lowest BCUT2D eigenvalue weighted by Gasteiger charge is -2.03. The standard InChI is InChI=1S/C12H22O3/c1-3-5-6-7-8-9-15-12(14)10-11(13)4-2/h3-10H2,1-2H3. The van der Waals surface area contributed by atoms with Gasteiger partial charge in [0.15, 0.2) is 0 Å². The lowest BCUT2D eigenvalue weighted by atomic mass is 10.2. The number of carbonyl (C=O) groups excluding carboxylic acids is 2. The van der Waals surface area contributed by atoms with Crippen LogP contribution in [0.15, 0.2) is 0 Å². The first kappa shape index (κ1) is 14.1. The van der Waals surface area contributed by atoms with Gasteiger partial charge >= 0.3 is 5.97 Å². The fourth-order valence-corrected chi connectivity index (χ4v) is 1.23. The molecule has 3 nitrogen and oxygen atoms in total. The molecule has 0 heterocycles. The van der Waals surface area contributed by atoms with E-state index in [0.29, 0.717) is 13.0 Å². The number of esters is 1. The Morgan fingerprint density at radius 2 is 1.67 bits per heavy atom. The first-order valence-corrected chi connectivity index (χ1v) is 5.88. The highest BCUT2D eigenvalue weighted by Crippen LogP contribution is 2.03. The first-order valence-electron chi connectivity index (χ1n) is 5.88. The molecule has 0 aliphatic heterocycles. The molecular weight excluding hydrogens is 192 g/mol. The summed E-state index contributed by atoms with van der Waals surface area (Å²) in [7, 11) is 0. The third kappa shape index (κ3) is 9.44. The molecule has 0 bridgehead atoms. The van der Waals surface area contributed by atoms with Crippen molar-refractivity contribution < 1.29 is 14.3 Å². The van der Waals surface area contributed by atoms with Crippen molar-refractivity contribution in [2.24, 2.45) is 0 Å². The van der Waals surface area contributed by atoms with Gasteiger partial charge in [-0.2, -0.15) is 0 Å². The van der Waals surface area contributed by atoms with Crippen molar-refractivity contribution in [2.45, 2.75) is 58.8 Å². The average Bonchev–Trinajstić information content (AvgIpc) is 2.23. The summed E-state index contributed by atoms with van der Waals surface area (Å²) in [5.74, 6) is -0.427. The molecule has 15 heavy (non-hydrogen) atoms. The molecule has 0 N–H and O–H groups in total. The van der Waals surface area contributed by atoms with Crippen molar-refractivity contribution >= 4 is 11.8 Å². The van der Waals surface area contributed by atoms with Crippen LogP contribution in [0.25, 0.3) is 0 Å². The molecule has 0 radical (unpaired) electrons. The molecule has 0 saturated heterocycles. The second-order valence-electron chi connectivity index (χ2n) is 3.70. The van der Waals surface area contributed by atoms with E-state index >= 15 is 0 Å². The molecule has 0 aliphatic carbocycles. The number of rotatable bonds is 9. The van der Waals surface area contributed by atoms with Gasteiger partial charge in [-0.15, -0.1) is 0 Å². The molecule has 0 atom stereocenters. The molecular formula is C12H22O3. The Hall–Kier alpha value is -0.860. The van der Waals surface area contributed by atoms with Gasteiger partial charge in [-0.25, -0.2) is 0 Å². The van der Waals surface area contributed by atoms with Gasteiger partial charge in [0.1, 0.15) is 12.2 Å². The quantitative estimate of drug-likeness (QED) is 0.337. The molecule has 0 aromatic rings. The average molecular weight is 214 g/mol. The SMILES string of the molecule is CCCCCCCOC(=O)CC(=O)CC. The summed E-state index contributed by atoms with van der Waals surface area (Å²) >= 11 is 0. The van der Waals surface area contributed by atoms with Crippen molar-refractivity contribution in [1.82, 2.24) is 0 Å². The van der Waals surface area contributed by atoms with Crippen LogP contribution in [0.5, 0.6) is 0 Å². The number of ether oxygens (including phenoxy) is 1. The van der Waals surface area contributed by atoms with Crippen LogP contribution in [0.1, 0.15) is 58.8 Å². The number of unbranched alkanes of at least 4 members (excludes halogenated alkanes) is 4. The Balaban J connectivity index is 3.28. The number of Topliss-reactive ketones (excluding diaryl/α,β-unsaturated/α-hetero) is 1. The predicted molar refractivity (Wildman–Crippen MR) is 59.6 cm³/mol. The second kappa shape index (κ2) is 9.69. The van der Waals surface area contributed by atoms with Gasteiger partial charge in [-0.1, -0.05) is 39.5 Å². The number of hydrogen-bond acceptors (Lipinski definition) is 3. The molecule has 0 unspecified atom stereocenters. The molecule has 0 aromatic carbocycles. The van der Waals surface area contributed by atoms with Crippen LogP contribution < -0.4 is 0 Å². The van der Waals surface area contributed by atoms with Crippen LogP contribution >= 0.6 is 0 Å². The van der Waals surface area contributed by atoms with Crippen LogP contribution in [0.4, 0.5) is 0 Å². The number of carbonyl (C=O) groups is 2. The van der Waals surface area contributed by atoms with E-state index in [1.54, 1.807) is 6.92 Å². The number of hydrogen-bond donors (Lipinski definition) is 0. The van der Waals surface area contributed by atoms with Crippen LogP contribution in [-0.4, -0.2) is 18.4 Å². The molecule has 0 amide bonds. The zero-order valence-electron chi connectivity index (χ0n) is 9.88. The van der Waals surface area contributed by atoms with E-state index in [4.69, 9.17) is 4.74 Å². The fraction of sp³-hybridized carbons (Fsp3) is 0.833. The number of ketones is 1. The minimum Gasteiger partial charge on any atom is -0.465 e. The van der Waals surface area contributed by atoms with Crippen molar-refractivity contribution in [3.63, 3.8) is 0 Å². The molecule has 0 aliphatic rings. The third-order valence-electron chi connectivity index (χ3n) is 2.25. The van der Waals surface area contributed by atoms with Crippen LogP contribution in [-0.2, 0) is 14.3 Å². The van der Waals surface area contributed by atoms with Gasteiger partial charge in [-0.3, -0.25) is 9.59 Å². The summed E-state index contributed by atoms with van der Waals surface area (Å²) in [5, 5.41) is 0. The maximum absolute atomic E-state index is 11.1. The molecule has 88 valence electrons. The van der Waals surface area contributed by atoms with Gasteiger partial charge in [-0.05, 0) is 6.42 Å². The van der Waals surface area contributed by atoms with Crippen molar-refractivity contribution in [3.8, 4) is 0 Å². The zero-order chi connectivity index (χ0) is 11.5. The fourth-order valence-electron chi connectivity index (χ4n) is 1.23. The van der Waals surface area contributed by atoms with Gasteiger partial charge in [0.25, 0.3) is 0 Å². The van der Waals surface area contributed by atoms with Gasteiger partial charge in [0.2, 0.25) is 0 Å². The predicted octanol–water partition coefficient (Wildman–Crippen LogP) is 2.87. The van der Waals surface area contributed by atoms with Gasteiger partial charge in [0, 0.05) is 6.42 Å². The summed E-state index contributed by atoms with van der Waals surface area (Å²) in [4.78, 5) is 22.0. The Bertz CT molecular complexity index is 187. The van der Waals surface area contributed by atoms with Gasteiger partial charge < -0.3 is 4.74 Å². The minimum atomic E-state index is -0.377. The summed E-state index contributed by atoms with van der Waals surface area (Å²) in [5.41, 5.74) is 0. The van der Waals surface area contributed by atoms with Crippen molar-refractivity contribution in [1.29, 1.82) is 0 Å². The Morgan fingerprint density at radius 1 is 1.00 bits per heavy atom. The highest BCUT2D eigenvalue weighted by molar-refractivity contribution is 5.95. The largest absolute Gasteiger partial charge is 0.465 e. The maximum atomic E-state index is 11.1. The molecule has 0 fully saturated rings. The normalized spacial score (nSPS) is 10.0. The Kier molecular flexibility index (Phi) is 9.13. The minimum absolute atomic E-state index is 0.0500. The van der Waals surface area contributed by atoms with E-state index in [1.165, 1.54) is 19.3 Å². The molecule has 0 saturated carbocycles. The smallest absolute Gasteiger partial charge is 0.313 e. The maximum Gasteiger partial charge on any atom is 0.313 e.